The number of pyridine rings is 1. The highest BCUT2D eigenvalue weighted by atomic mass is 16.2. The first-order valence-electron chi connectivity index (χ1n) is 9.73. The number of aromatic amines is 1. The van der Waals surface area contributed by atoms with Crippen LogP contribution in [0.5, 0.6) is 0 Å². The molecule has 7 heteroatoms. The monoisotopic (exact) mass is 367 g/mol. The minimum Gasteiger partial charge on any atom is -0.354 e. The molecule has 0 spiro atoms. The van der Waals surface area contributed by atoms with Crippen LogP contribution >= 0.6 is 0 Å². The number of rotatable bonds is 5. The van der Waals surface area contributed by atoms with Crippen molar-refractivity contribution in [3.05, 3.63) is 51.8 Å². The zero-order valence-corrected chi connectivity index (χ0v) is 15.6. The molecule has 4 rings (SSSR count). The zero-order chi connectivity index (χ0) is 18.8. The number of H-pyrrole nitrogens is 1. The molecule has 1 saturated carbocycles. The van der Waals surface area contributed by atoms with E-state index in [1.165, 1.54) is 6.07 Å². The van der Waals surface area contributed by atoms with E-state index in [4.69, 9.17) is 0 Å². The fraction of sp³-hybridized carbons (Fsp3) is 0.500. The van der Waals surface area contributed by atoms with E-state index < -0.39 is 0 Å². The standard InChI is InChI=1S/C20H25N5O2/c1-2-15-10-18(22-12-21-15)25-7-3-4-16(11-25)23-20(27)14-8-17(13-5-6-13)24-19(26)9-14/h8-10,12-13,16H,2-7,11H2,1H3,(H,23,27)(H,24,26)/t16-/m1/s1. The average molecular weight is 367 g/mol. The number of nitrogens with one attached hydrogen (secondary N) is 2. The molecule has 2 fully saturated rings. The molecule has 7 nitrogen and oxygen atoms in total. The van der Waals surface area contributed by atoms with E-state index in [-0.39, 0.29) is 17.5 Å². The number of carbonyl (C=O) groups excluding carboxylic acids is 1. The summed E-state index contributed by atoms with van der Waals surface area (Å²) in [5, 5.41) is 3.10. The number of amides is 1. The van der Waals surface area contributed by atoms with E-state index in [1.54, 1.807) is 6.33 Å². The van der Waals surface area contributed by atoms with E-state index in [9.17, 15) is 9.59 Å². The van der Waals surface area contributed by atoms with Gasteiger partial charge in [0.1, 0.15) is 12.1 Å². The highest BCUT2D eigenvalue weighted by Gasteiger charge is 2.27. The summed E-state index contributed by atoms with van der Waals surface area (Å²) in [5.74, 6) is 1.14. The van der Waals surface area contributed by atoms with E-state index in [2.05, 4.69) is 32.1 Å². The Bertz CT molecular complexity index is 890. The molecular weight excluding hydrogens is 342 g/mol. The summed E-state index contributed by atoms with van der Waals surface area (Å²) in [6.07, 6.45) is 6.54. The molecule has 0 bridgehead atoms. The maximum Gasteiger partial charge on any atom is 0.251 e. The normalized spacial score (nSPS) is 19.7. The lowest BCUT2D eigenvalue weighted by Gasteiger charge is -2.34. The maximum absolute atomic E-state index is 12.7. The Labute approximate surface area is 158 Å². The van der Waals surface area contributed by atoms with Crippen molar-refractivity contribution in [2.24, 2.45) is 0 Å². The van der Waals surface area contributed by atoms with Crippen LogP contribution in [0.25, 0.3) is 0 Å². The topological polar surface area (TPSA) is 91.0 Å². The van der Waals surface area contributed by atoms with Crippen molar-refractivity contribution < 1.29 is 4.79 Å². The first-order chi connectivity index (χ1) is 13.1. The molecule has 142 valence electrons. The summed E-state index contributed by atoms with van der Waals surface area (Å²) < 4.78 is 0. The predicted molar refractivity (Wildman–Crippen MR) is 103 cm³/mol. The second-order valence-corrected chi connectivity index (χ2v) is 7.44. The fourth-order valence-corrected chi connectivity index (χ4v) is 3.63. The molecule has 1 saturated heterocycles. The zero-order valence-electron chi connectivity index (χ0n) is 15.6. The summed E-state index contributed by atoms with van der Waals surface area (Å²) in [5.41, 5.74) is 2.14. The van der Waals surface area contributed by atoms with Gasteiger partial charge in [-0.3, -0.25) is 9.59 Å². The summed E-state index contributed by atoms with van der Waals surface area (Å²) >= 11 is 0. The van der Waals surface area contributed by atoms with E-state index >= 15 is 0 Å². The number of anilines is 1. The molecule has 3 heterocycles. The largest absolute Gasteiger partial charge is 0.354 e. The molecule has 0 aromatic carbocycles. The van der Waals surface area contributed by atoms with Gasteiger partial charge in [0.15, 0.2) is 0 Å². The van der Waals surface area contributed by atoms with Gasteiger partial charge < -0.3 is 15.2 Å². The highest BCUT2D eigenvalue weighted by Crippen LogP contribution is 2.38. The Balaban J connectivity index is 1.44. The first kappa shape index (κ1) is 17.7. The molecule has 2 N–H and O–H groups in total. The van der Waals surface area contributed by atoms with Gasteiger partial charge in [-0.1, -0.05) is 6.92 Å². The molecule has 27 heavy (non-hydrogen) atoms. The van der Waals surface area contributed by atoms with Gasteiger partial charge in [0.25, 0.3) is 5.91 Å². The molecule has 1 aliphatic carbocycles. The maximum atomic E-state index is 12.7. The molecular formula is C20H25N5O2. The summed E-state index contributed by atoms with van der Waals surface area (Å²) in [6, 6.07) is 5.27. The van der Waals surface area contributed by atoms with Crippen LogP contribution in [0.2, 0.25) is 0 Å². The number of piperidine rings is 1. The third-order valence-electron chi connectivity index (χ3n) is 5.30. The van der Waals surface area contributed by atoms with Crippen LogP contribution in [0.1, 0.15) is 60.3 Å². The number of hydrogen-bond donors (Lipinski definition) is 2. The summed E-state index contributed by atoms with van der Waals surface area (Å²) in [7, 11) is 0. The van der Waals surface area contributed by atoms with Crippen LogP contribution < -0.4 is 15.8 Å². The van der Waals surface area contributed by atoms with Crippen LogP contribution in [0.4, 0.5) is 5.82 Å². The minimum atomic E-state index is -0.206. The van der Waals surface area contributed by atoms with Crippen LogP contribution in [-0.4, -0.2) is 40.0 Å². The number of aromatic nitrogens is 3. The van der Waals surface area contributed by atoms with Crippen molar-refractivity contribution in [1.82, 2.24) is 20.3 Å². The van der Waals surface area contributed by atoms with Crippen LogP contribution in [0.15, 0.2) is 29.3 Å². The number of aryl methyl sites for hydroxylation is 1. The van der Waals surface area contributed by atoms with E-state index in [0.29, 0.717) is 18.0 Å². The van der Waals surface area contributed by atoms with Crippen LogP contribution in [0.3, 0.4) is 0 Å². The van der Waals surface area contributed by atoms with E-state index in [0.717, 1.165) is 55.9 Å². The molecule has 1 atom stereocenters. The van der Waals surface area contributed by atoms with Crippen LogP contribution in [0, 0.1) is 0 Å². The van der Waals surface area contributed by atoms with Crippen molar-refractivity contribution in [2.45, 2.75) is 51.0 Å². The lowest BCUT2D eigenvalue weighted by molar-refractivity contribution is 0.0932. The third kappa shape index (κ3) is 4.18. The van der Waals surface area contributed by atoms with Gasteiger partial charge in [-0.2, -0.15) is 0 Å². The number of carbonyl (C=O) groups is 1. The van der Waals surface area contributed by atoms with Gasteiger partial charge in [0, 0.05) is 48.2 Å². The first-order valence-corrected chi connectivity index (χ1v) is 9.73. The minimum absolute atomic E-state index is 0.0370. The van der Waals surface area contributed by atoms with Gasteiger partial charge >= 0.3 is 0 Å². The Hall–Kier alpha value is -2.70. The second-order valence-electron chi connectivity index (χ2n) is 7.44. The van der Waals surface area contributed by atoms with Gasteiger partial charge in [0.2, 0.25) is 5.56 Å². The Kier molecular flexibility index (Phi) is 4.92. The number of hydrogen-bond acceptors (Lipinski definition) is 5. The van der Waals surface area contributed by atoms with Gasteiger partial charge in [-0.25, -0.2) is 9.97 Å². The summed E-state index contributed by atoms with van der Waals surface area (Å²) in [6.45, 7) is 3.71. The fourth-order valence-electron chi connectivity index (χ4n) is 3.63. The third-order valence-corrected chi connectivity index (χ3v) is 5.30. The molecule has 0 radical (unpaired) electrons. The molecule has 0 unspecified atom stereocenters. The van der Waals surface area contributed by atoms with Gasteiger partial charge in [-0.15, -0.1) is 0 Å². The van der Waals surface area contributed by atoms with Gasteiger partial charge in [0.05, 0.1) is 0 Å². The van der Waals surface area contributed by atoms with Crippen molar-refractivity contribution in [3.8, 4) is 0 Å². The SMILES string of the molecule is CCc1cc(N2CCC[C@@H](NC(=O)c3cc(C4CC4)[nH]c(=O)c3)C2)ncn1. The molecule has 2 aliphatic rings. The highest BCUT2D eigenvalue weighted by molar-refractivity contribution is 5.94. The smallest absolute Gasteiger partial charge is 0.251 e. The van der Waals surface area contributed by atoms with Crippen molar-refractivity contribution >= 4 is 11.7 Å². The molecule has 1 amide bonds. The lowest BCUT2D eigenvalue weighted by atomic mass is 10.0. The van der Waals surface area contributed by atoms with Crippen molar-refractivity contribution in [1.29, 1.82) is 0 Å². The second kappa shape index (κ2) is 7.50. The van der Waals surface area contributed by atoms with Gasteiger partial charge in [-0.05, 0) is 44.1 Å². The van der Waals surface area contributed by atoms with Crippen LogP contribution in [-0.2, 0) is 6.42 Å². The lowest BCUT2D eigenvalue weighted by Crippen LogP contribution is -2.48. The summed E-state index contributed by atoms with van der Waals surface area (Å²) in [4.78, 5) is 38.3. The quantitative estimate of drug-likeness (QED) is 0.843. The average Bonchev–Trinajstić information content (AvgIpc) is 3.53. The Morgan fingerprint density at radius 2 is 2.11 bits per heavy atom. The molecule has 2 aromatic rings. The Morgan fingerprint density at radius 1 is 1.26 bits per heavy atom. The number of nitrogens with zero attached hydrogens (tertiary/aromatic N) is 3. The molecule has 1 aliphatic heterocycles. The predicted octanol–water partition coefficient (Wildman–Crippen LogP) is 2.00. The molecule has 2 aromatic heterocycles. The van der Waals surface area contributed by atoms with Crippen molar-refractivity contribution in [2.75, 3.05) is 18.0 Å². The Morgan fingerprint density at radius 3 is 2.89 bits per heavy atom. The van der Waals surface area contributed by atoms with E-state index in [1.807, 2.05) is 12.1 Å². The van der Waals surface area contributed by atoms with Crippen molar-refractivity contribution in [3.63, 3.8) is 0 Å².